The number of aromatic nitrogens is 5. The summed E-state index contributed by atoms with van der Waals surface area (Å²) in [7, 11) is 0. The number of carbonyl (C=O) groups excluding carboxylic acids is 2. The molecule has 2 aromatic carbocycles. The van der Waals surface area contributed by atoms with Gasteiger partial charge in [-0.25, -0.2) is 19.0 Å². The standard InChI is InChI=1S/C26H20Cl2N6O4/c1-2-37-26(36)18-14-30-34-22(9-11-29-24(18)34)16-5-3-6-17(13-16)31-25(35)21-10-12-33(32-21)15-38-23-19(27)7-4-8-20(23)28/h3-14H,2,15H2,1H3,(H,31,35). The number of nitrogens with zero attached hydrogens (tertiary/aromatic N) is 5. The summed E-state index contributed by atoms with van der Waals surface area (Å²) in [6, 6.07) is 15.6. The van der Waals surface area contributed by atoms with Gasteiger partial charge >= 0.3 is 5.97 Å². The van der Waals surface area contributed by atoms with Gasteiger partial charge in [-0.2, -0.15) is 10.2 Å². The minimum Gasteiger partial charge on any atom is -0.468 e. The van der Waals surface area contributed by atoms with E-state index in [1.54, 1.807) is 72.4 Å². The van der Waals surface area contributed by atoms with Crippen LogP contribution in [0.25, 0.3) is 16.9 Å². The number of para-hydroxylation sites is 1. The summed E-state index contributed by atoms with van der Waals surface area (Å²) >= 11 is 12.3. The van der Waals surface area contributed by atoms with E-state index in [4.69, 9.17) is 32.7 Å². The highest BCUT2D eigenvalue weighted by Crippen LogP contribution is 2.32. The maximum absolute atomic E-state index is 12.9. The van der Waals surface area contributed by atoms with E-state index in [0.717, 1.165) is 5.56 Å². The van der Waals surface area contributed by atoms with Gasteiger partial charge in [0.2, 0.25) is 0 Å². The molecule has 0 radical (unpaired) electrons. The van der Waals surface area contributed by atoms with E-state index in [-0.39, 0.29) is 24.6 Å². The van der Waals surface area contributed by atoms with Gasteiger partial charge in [-0.05, 0) is 43.3 Å². The molecule has 12 heteroatoms. The maximum atomic E-state index is 12.9. The van der Waals surface area contributed by atoms with Gasteiger partial charge in [-0.3, -0.25) is 4.79 Å². The first-order valence-corrected chi connectivity index (χ1v) is 12.2. The van der Waals surface area contributed by atoms with Crippen LogP contribution in [0, 0.1) is 0 Å². The number of amides is 1. The number of rotatable bonds is 8. The number of hydrogen-bond acceptors (Lipinski definition) is 7. The zero-order valence-electron chi connectivity index (χ0n) is 20.0. The number of fused-ring (bicyclic) bond motifs is 1. The van der Waals surface area contributed by atoms with E-state index in [1.807, 2.05) is 6.07 Å². The lowest BCUT2D eigenvalue weighted by atomic mass is 10.1. The fourth-order valence-electron chi connectivity index (χ4n) is 3.72. The van der Waals surface area contributed by atoms with Crippen molar-refractivity contribution in [2.75, 3.05) is 11.9 Å². The lowest BCUT2D eigenvalue weighted by Gasteiger charge is -2.09. The average Bonchev–Trinajstić information content (AvgIpc) is 3.56. The Kier molecular flexibility index (Phi) is 7.25. The van der Waals surface area contributed by atoms with Gasteiger partial charge in [-0.15, -0.1) is 0 Å². The summed E-state index contributed by atoms with van der Waals surface area (Å²) in [5, 5.41) is 12.2. The van der Waals surface area contributed by atoms with Crippen molar-refractivity contribution in [1.29, 1.82) is 0 Å². The molecule has 0 aliphatic rings. The van der Waals surface area contributed by atoms with Crippen LogP contribution < -0.4 is 10.1 Å². The summed E-state index contributed by atoms with van der Waals surface area (Å²) in [6.45, 7) is 2.00. The fraction of sp³-hybridized carbons (Fsp3) is 0.115. The number of hydrogen-bond donors (Lipinski definition) is 1. The highest BCUT2D eigenvalue weighted by molar-refractivity contribution is 6.37. The molecule has 0 aliphatic heterocycles. The van der Waals surface area contributed by atoms with Crippen molar-refractivity contribution in [3.05, 3.63) is 94.5 Å². The van der Waals surface area contributed by atoms with Crippen molar-refractivity contribution in [1.82, 2.24) is 24.4 Å². The Labute approximate surface area is 226 Å². The van der Waals surface area contributed by atoms with Gasteiger partial charge < -0.3 is 14.8 Å². The summed E-state index contributed by atoms with van der Waals surface area (Å²) in [5.41, 5.74) is 2.83. The molecule has 0 saturated heterocycles. The molecule has 3 heterocycles. The van der Waals surface area contributed by atoms with Gasteiger partial charge in [0.05, 0.1) is 28.5 Å². The predicted octanol–water partition coefficient (Wildman–Crippen LogP) is 5.37. The first-order chi connectivity index (χ1) is 18.4. The highest BCUT2D eigenvalue weighted by Gasteiger charge is 2.18. The summed E-state index contributed by atoms with van der Waals surface area (Å²) in [4.78, 5) is 29.4. The first kappa shape index (κ1) is 25.2. The third kappa shape index (κ3) is 5.17. The SMILES string of the molecule is CCOC(=O)c1cnn2c(-c3cccc(NC(=O)c4ccn(COc5c(Cl)cccc5Cl)n4)c3)ccnc12. The van der Waals surface area contributed by atoms with E-state index >= 15 is 0 Å². The molecule has 1 N–H and O–H groups in total. The zero-order valence-corrected chi connectivity index (χ0v) is 21.5. The smallest absolute Gasteiger partial charge is 0.343 e. The molecule has 38 heavy (non-hydrogen) atoms. The Balaban J connectivity index is 1.31. The third-order valence-electron chi connectivity index (χ3n) is 5.45. The Morgan fingerprint density at radius 3 is 2.63 bits per heavy atom. The van der Waals surface area contributed by atoms with E-state index in [2.05, 4.69) is 20.5 Å². The highest BCUT2D eigenvalue weighted by atomic mass is 35.5. The summed E-state index contributed by atoms with van der Waals surface area (Å²) in [5.74, 6) is -0.556. The summed E-state index contributed by atoms with van der Waals surface area (Å²) in [6.07, 6.45) is 4.63. The number of esters is 1. The van der Waals surface area contributed by atoms with Crippen molar-refractivity contribution in [2.24, 2.45) is 0 Å². The molecule has 0 saturated carbocycles. The normalized spacial score (nSPS) is 10.9. The van der Waals surface area contributed by atoms with Crippen molar-refractivity contribution in [3.8, 4) is 17.0 Å². The Morgan fingerprint density at radius 1 is 1.05 bits per heavy atom. The molecular formula is C26H20Cl2N6O4. The van der Waals surface area contributed by atoms with Crippen LogP contribution in [0.1, 0.15) is 27.8 Å². The molecule has 10 nitrogen and oxygen atoms in total. The van der Waals surface area contributed by atoms with Crippen LogP contribution in [0.5, 0.6) is 5.75 Å². The van der Waals surface area contributed by atoms with Crippen LogP contribution >= 0.6 is 23.2 Å². The largest absolute Gasteiger partial charge is 0.468 e. The molecular weight excluding hydrogens is 531 g/mol. The molecule has 0 atom stereocenters. The number of benzene rings is 2. The van der Waals surface area contributed by atoms with Crippen LogP contribution in [0.4, 0.5) is 5.69 Å². The van der Waals surface area contributed by atoms with E-state index < -0.39 is 11.9 Å². The van der Waals surface area contributed by atoms with Gasteiger partial charge in [-0.1, -0.05) is 41.4 Å². The lowest BCUT2D eigenvalue weighted by Crippen LogP contribution is -2.14. The Bertz CT molecular complexity index is 1630. The molecule has 0 unspecified atom stereocenters. The Morgan fingerprint density at radius 2 is 1.84 bits per heavy atom. The molecule has 0 spiro atoms. The molecule has 0 bridgehead atoms. The van der Waals surface area contributed by atoms with Crippen molar-refractivity contribution >= 4 is 46.4 Å². The van der Waals surface area contributed by atoms with Crippen LogP contribution in [0.3, 0.4) is 0 Å². The molecule has 5 rings (SSSR count). The molecule has 192 valence electrons. The zero-order chi connectivity index (χ0) is 26.6. The van der Waals surface area contributed by atoms with Crippen LogP contribution in [-0.2, 0) is 11.5 Å². The van der Waals surface area contributed by atoms with Gasteiger partial charge in [0.1, 0.15) is 5.56 Å². The van der Waals surface area contributed by atoms with Gasteiger partial charge in [0.25, 0.3) is 5.91 Å². The topological polar surface area (TPSA) is 113 Å². The third-order valence-corrected chi connectivity index (χ3v) is 6.04. The number of ether oxygens (including phenoxy) is 2. The van der Waals surface area contributed by atoms with Gasteiger partial charge in [0.15, 0.2) is 23.8 Å². The van der Waals surface area contributed by atoms with Crippen molar-refractivity contribution < 1.29 is 19.1 Å². The average molecular weight is 551 g/mol. The van der Waals surface area contributed by atoms with Crippen molar-refractivity contribution in [3.63, 3.8) is 0 Å². The number of halogens is 2. The summed E-state index contributed by atoms with van der Waals surface area (Å²) < 4.78 is 13.8. The minimum absolute atomic E-state index is 0.0158. The molecule has 0 aliphatic carbocycles. The van der Waals surface area contributed by atoms with Crippen LogP contribution in [0.2, 0.25) is 10.0 Å². The van der Waals surface area contributed by atoms with Crippen molar-refractivity contribution in [2.45, 2.75) is 13.7 Å². The molecule has 3 aromatic heterocycles. The first-order valence-electron chi connectivity index (χ1n) is 11.5. The number of nitrogens with one attached hydrogen (secondary N) is 1. The van der Waals surface area contributed by atoms with Crippen LogP contribution in [-0.4, -0.2) is 42.9 Å². The second-order valence-corrected chi connectivity index (χ2v) is 8.76. The van der Waals surface area contributed by atoms with Crippen LogP contribution in [0.15, 0.2) is 73.2 Å². The quantitative estimate of drug-likeness (QED) is 0.258. The minimum atomic E-state index is -0.493. The Hall–Kier alpha value is -4.41. The monoisotopic (exact) mass is 550 g/mol. The van der Waals surface area contributed by atoms with E-state index in [1.165, 1.54) is 10.9 Å². The fourth-order valence-corrected chi connectivity index (χ4v) is 4.23. The van der Waals surface area contributed by atoms with Gasteiger partial charge in [0, 0.05) is 23.6 Å². The number of anilines is 1. The lowest BCUT2D eigenvalue weighted by molar-refractivity contribution is 0.0528. The van der Waals surface area contributed by atoms with E-state index in [0.29, 0.717) is 32.8 Å². The molecule has 1 amide bonds. The van der Waals surface area contributed by atoms with E-state index in [9.17, 15) is 9.59 Å². The molecule has 0 fully saturated rings. The number of carbonyl (C=O) groups is 2. The maximum Gasteiger partial charge on any atom is 0.343 e. The predicted molar refractivity (Wildman–Crippen MR) is 142 cm³/mol. The molecule has 5 aromatic rings. The second kappa shape index (κ2) is 10.9. The second-order valence-electron chi connectivity index (χ2n) is 7.94.